The number of anilines is 1. The van der Waals surface area contributed by atoms with Crippen molar-refractivity contribution in [2.45, 2.75) is 32.4 Å². The molecule has 0 spiro atoms. The highest BCUT2D eigenvalue weighted by Crippen LogP contribution is 2.06. The molecule has 16 heavy (non-hydrogen) atoms. The van der Waals surface area contributed by atoms with Crippen molar-refractivity contribution in [3.63, 3.8) is 0 Å². The third-order valence-electron chi connectivity index (χ3n) is 2.39. The average molecular weight is 241 g/mol. The summed E-state index contributed by atoms with van der Waals surface area (Å²) in [4.78, 5) is 8.48. The van der Waals surface area contributed by atoms with Gasteiger partial charge in [0.1, 0.15) is 11.6 Å². The minimum atomic E-state index is -0.750. The van der Waals surface area contributed by atoms with E-state index < -0.39 is 10.8 Å². The second-order valence-electron chi connectivity index (χ2n) is 3.97. The molecule has 0 aliphatic carbocycles. The molecule has 1 aromatic rings. The van der Waals surface area contributed by atoms with Crippen LogP contribution in [0, 0.1) is 13.8 Å². The van der Waals surface area contributed by atoms with Crippen LogP contribution in [0.5, 0.6) is 0 Å². The lowest BCUT2D eigenvalue weighted by Gasteiger charge is -2.10. The van der Waals surface area contributed by atoms with Crippen LogP contribution in [0.15, 0.2) is 6.07 Å². The van der Waals surface area contributed by atoms with E-state index in [1.807, 2.05) is 26.8 Å². The lowest BCUT2D eigenvalue weighted by Crippen LogP contribution is -2.15. The fourth-order valence-electron chi connectivity index (χ4n) is 1.38. The number of aromatic nitrogens is 2. The van der Waals surface area contributed by atoms with E-state index in [1.165, 1.54) is 0 Å². The molecule has 0 fully saturated rings. The molecule has 4 nitrogen and oxygen atoms in total. The van der Waals surface area contributed by atoms with Crippen molar-refractivity contribution in [1.82, 2.24) is 9.97 Å². The number of nitrogens with zero attached hydrogens (tertiary/aromatic N) is 2. The highest BCUT2D eigenvalue weighted by atomic mass is 32.2. The summed E-state index contributed by atoms with van der Waals surface area (Å²) in [6.07, 6.45) is 2.62. The van der Waals surface area contributed by atoms with E-state index in [0.717, 1.165) is 30.3 Å². The normalized spacial score (nSPS) is 14.5. The monoisotopic (exact) mass is 241 g/mol. The third kappa shape index (κ3) is 4.26. The summed E-state index contributed by atoms with van der Waals surface area (Å²) >= 11 is 0. The Hall–Kier alpha value is -0.970. The Morgan fingerprint density at radius 3 is 2.69 bits per heavy atom. The summed E-state index contributed by atoms with van der Waals surface area (Å²) < 4.78 is 11.2. The Labute approximate surface area is 99.3 Å². The van der Waals surface area contributed by atoms with Crippen LogP contribution in [0.2, 0.25) is 0 Å². The molecule has 2 unspecified atom stereocenters. The zero-order chi connectivity index (χ0) is 12.1. The SMILES string of the molecule is Cc1cc(NCCC(C)S(C)=O)nc(C)n1. The topological polar surface area (TPSA) is 54.9 Å². The number of rotatable bonds is 5. The van der Waals surface area contributed by atoms with Crippen molar-refractivity contribution >= 4 is 16.6 Å². The van der Waals surface area contributed by atoms with Crippen molar-refractivity contribution in [2.75, 3.05) is 18.1 Å². The average Bonchev–Trinajstić information content (AvgIpc) is 2.15. The van der Waals surface area contributed by atoms with Crippen molar-refractivity contribution in [2.24, 2.45) is 0 Å². The fraction of sp³-hybridized carbons (Fsp3) is 0.636. The van der Waals surface area contributed by atoms with Crippen LogP contribution in [0.1, 0.15) is 24.9 Å². The van der Waals surface area contributed by atoms with E-state index in [2.05, 4.69) is 15.3 Å². The van der Waals surface area contributed by atoms with E-state index in [0.29, 0.717) is 0 Å². The van der Waals surface area contributed by atoms with E-state index in [4.69, 9.17) is 0 Å². The smallest absolute Gasteiger partial charge is 0.129 e. The Balaban J connectivity index is 2.46. The van der Waals surface area contributed by atoms with Gasteiger partial charge in [-0.1, -0.05) is 6.92 Å². The summed E-state index contributed by atoms with van der Waals surface area (Å²) in [5.74, 6) is 1.62. The molecular weight excluding hydrogens is 222 g/mol. The van der Waals surface area contributed by atoms with Gasteiger partial charge in [-0.2, -0.15) is 0 Å². The maximum Gasteiger partial charge on any atom is 0.129 e. The molecule has 0 aliphatic rings. The standard InChI is InChI=1S/C11H19N3OS/c1-8-7-11(14-10(3)13-8)12-6-5-9(2)16(4)15/h7,9H,5-6H2,1-4H3,(H,12,13,14). The molecule has 1 aromatic heterocycles. The van der Waals surface area contributed by atoms with Gasteiger partial charge in [0.2, 0.25) is 0 Å². The van der Waals surface area contributed by atoms with Crippen LogP contribution in [0.4, 0.5) is 5.82 Å². The van der Waals surface area contributed by atoms with E-state index >= 15 is 0 Å². The van der Waals surface area contributed by atoms with Gasteiger partial charge >= 0.3 is 0 Å². The molecule has 90 valence electrons. The van der Waals surface area contributed by atoms with Crippen LogP contribution < -0.4 is 5.32 Å². The first kappa shape index (κ1) is 13.1. The minimum Gasteiger partial charge on any atom is -0.370 e. The summed E-state index contributed by atoms with van der Waals surface area (Å²) in [5, 5.41) is 3.45. The second-order valence-corrected chi connectivity index (χ2v) is 5.77. The van der Waals surface area contributed by atoms with Crippen molar-refractivity contribution in [1.29, 1.82) is 0 Å². The Morgan fingerprint density at radius 1 is 1.44 bits per heavy atom. The largest absolute Gasteiger partial charge is 0.370 e. The van der Waals surface area contributed by atoms with Crippen LogP contribution in [-0.4, -0.2) is 32.2 Å². The van der Waals surface area contributed by atoms with Gasteiger partial charge in [0, 0.05) is 40.6 Å². The second kappa shape index (κ2) is 5.94. The predicted molar refractivity (Wildman–Crippen MR) is 68.1 cm³/mol. The first-order valence-corrected chi connectivity index (χ1v) is 6.99. The molecule has 0 bridgehead atoms. The first-order chi connectivity index (χ1) is 7.49. The molecule has 1 rings (SSSR count). The van der Waals surface area contributed by atoms with Crippen LogP contribution >= 0.6 is 0 Å². The molecule has 0 saturated carbocycles. The third-order valence-corrected chi connectivity index (χ3v) is 3.76. The highest BCUT2D eigenvalue weighted by molar-refractivity contribution is 7.84. The van der Waals surface area contributed by atoms with Gasteiger partial charge in [-0.25, -0.2) is 9.97 Å². The molecular formula is C11H19N3OS. The quantitative estimate of drug-likeness (QED) is 0.852. The number of aryl methyl sites for hydroxylation is 2. The fourth-order valence-corrected chi connectivity index (χ4v) is 1.83. The van der Waals surface area contributed by atoms with Gasteiger partial charge in [0.25, 0.3) is 0 Å². The maximum atomic E-state index is 11.2. The molecule has 0 saturated heterocycles. The first-order valence-electron chi connectivity index (χ1n) is 5.37. The van der Waals surface area contributed by atoms with Crippen LogP contribution in [-0.2, 0) is 10.8 Å². The molecule has 2 atom stereocenters. The van der Waals surface area contributed by atoms with Gasteiger partial charge in [-0.05, 0) is 20.3 Å². The molecule has 1 N–H and O–H groups in total. The summed E-state index contributed by atoms with van der Waals surface area (Å²) in [7, 11) is -0.750. The minimum absolute atomic E-state index is 0.219. The molecule has 0 aliphatic heterocycles. The Bertz CT molecular complexity index is 361. The Kier molecular flexibility index (Phi) is 4.86. The van der Waals surface area contributed by atoms with Gasteiger partial charge in [-0.3, -0.25) is 4.21 Å². The number of hydrogen-bond donors (Lipinski definition) is 1. The summed E-state index contributed by atoms with van der Waals surface area (Å²) in [5.41, 5.74) is 0.960. The van der Waals surface area contributed by atoms with Gasteiger partial charge < -0.3 is 5.32 Å². The Morgan fingerprint density at radius 2 is 2.12 bits per heavy atom. The molecule has 5 heteroatoms. The van der Waals surface area contributed by atoms with Gasteiger partial charge in [0.15, 0.2) is 0 Å². The lowest BCUT2D eigenvalue weighted by molar-refractivity contribution is 0.672. The van der Waals surface area contributed by atoms with Gasteiger partial charge in [0.05, 0.1) is 0 Å². The van der Waals surface area contributed by atoms with Gasteiger partial charge in [-0.15, -0.1) is 0 Å². The zero-order valence-electron chi connectivity index (χ0n) is 10.3. The highest BCUT2D eigenvalue weighted by Gasteiger charge is 2.05. The molecule has 0 radical (unpaired) electrons. The summed E-state index contributed by atoms with van der Waals surface area (Å²) in [6.45, 7) is 6.61. The van der Waals surface area contributed by atoms with Crippen molar-refractivity contribution < 1.29 is 4.21 Å². The van der Waals surface area contributed by atoms with E-state index in [9.17, 15) is 4.21 Å². The summed E-state index contributed by atoms with van der Waals surface area (Å²) in [6, 6.07) is 1.92. The van der Waals surface area contributed by atoms with Crippen LogP contribution in [0.25, 0.3) is 0 Å². The predicted octanol–water partition coefficient (Wildman–Crippen LogP) is 1.66. The van der Waals surface area contributed by atoms with Crippen molar-refractivity contribution in [3.8, 4) is 0 Å². The lowest BCUT2D eigenvalue weighted by atomic mass is 10.3. The zero-order valence-corrected chi connectivity index (χ0v) is 11.1. The molecule has 1 heterocycles. The van der Waals surface area contributed by atoms with Crippen LogP contribution in [0.3, 0.4) is 0 Å². The molecule has 0 aromatic carbocycles. The van der Waals surface area contributed by atoms with E-state index in [-0.39, 0.29) is 5.25 Å². The number of nitrogens with one attached hydrogen (secondary N) is 1. The van der Waals surface area contributed by atoms with E-state index in [1.54, 1.807) is 6.26 Å². The number of hydrogen-bond acceptors (Lipinski definition) is 4. The maximum absolute atomic E-state index is 11.2. The van der Waals surface area contributed by atoms with Crippen molar-refractivity contribution in [3.05, 3.63) is 17.6 Å². The molecule has 0 amide bonds.